The lowest BCUT2D eigenvalue weighted by molar-refractivity contribution is 0.120. The highest BCUT2D eigenvalue weighted by atomic mass is 16.5. The Hall–Kier alpha value is -1.06. The van der Waals surface area contributed by atoms with Crippen LogP contribution in [0.4, 0.5) is 0 Å². The zero-order valence-electron chi connectivity index (χ0n) is 13.6. The van der Waals surface area contributed by atoms with Gasteiger partial charge in [0.1, 0.15) is 12.4 Å². The third-order valence-corrected chi connectivity index (χ3v) is 4.35. The van der Waals surface area contributed by atoms with E-state index in [0.29, 0.717) is 0 Å². The Labute approximate surface area is 129 Å². The molecule has 0 aromatic heterocycles. The Morgan fingerprint density at radius 1 is 1.29 bits per heavy atom. The number of rotatable bonds is 8. The molecule has 1 atom stereocenters. The molecule has 2 rings (SSSR count). The molecule has 1 N–H and O–H groups in total. The van der Waals surface area contributed by atoms with Crippen molar-refractivity contribution in [3.63, 3.8) is 0 Å². The van der Waals surface area contributed by atoms with Crippen LogP contribution in [0, 0.1) is 0 Å². The Kier molecular flexibility index (Phi) is 7.04. The van der Waals surface area contributed by atoms with Crippen molar-refractivity contribution in [2.75, 3.05) is 26.2 Å². The molecule has 0 aliphatic carbocycles. The van der Waals surface area contributed by atoms with Gasteiger partial charge in [0.05, 0.1) is 0 Å². The molecule has 21 heavy (non-hydrogen) atoms. The van der Waals surface area contributed by atoms with Gasteiger partial charge in [0.15, 0.2) is 0 Å². The highest BCUT2D eigenvalue weighted by Gasteiger charge is 2.20. The maximum Gasteiger partial charge on any atom is 0.119 e. The van der Waals surface area contributed by atoms with Crippen LogP contribution in [0.2, 0.25) is 0 Å². The number of likely N-dealkylation sites (tertiary alicyclic amines) is 1. The Morgan fingerprint density at radius 2 is 2.19 bits per heavy atom. The summed E-state index contributed by atoms with van der Waals surface area (Å²) < 4.78 is 5.95. The third kappa shape index (κ3) is 5.33. The van der Waals surface area contributed by atoms with Gasteiger partial charge in [0.2, 0.25) is 0 Å². The summed E-state index contributed by atoms with van der Waals surface area (Å²) in [4.78, 5) is 2.60. The van der Waals surface area contributed by atoms with E-state index in [0.717, 1.165) is 38.0 Å². The van der Waals surface area contributed by atoms with Gasteiger partial charge in [-0.3, -0.25) is 4.90 Å². The molecule has 1 saturated heterocycles. The first-order valence-corrected chi connectivity index (χ1v) is 8.50. The molecule has 1 aromatic rings. The van der Waals surface area contributed by atoms with E-state index in [1.165, 1.54) is 37.8 Å². The molecule has 1 unspecified atom stereocenters. The molecule has 1 heterocycles. The first kappa shape index (κ1) is 16.3. The van der Waals surface area contributed by atoms with E-state index in [-0.39, 0.29) is 0 Å². The van der Waals surface area contributed by atoms with Gasteiger partial charge in [-0.1, -0.05) is 32.4 Å². The van der Waals surface area contributed by atoms with Crippen molar-refractivity contribution in [3.8, 4) is 5.75 Å². The van der Waals surface area contributed by atoms with Crippen molar-refractivity contribution < 1.29 is 4.74 Å². The van der Waals surface area contributed by atoms with Gasteiger partial charge in [0.25, 0.3) is 0 Å². The molecule has 118 valence electrons. The highest BCUT2D eigenvalue weighted by molar-refractivity contribution is 5.28. The van der Waals surface area contributed by atoms with Gasteiger partial charge in [-0.25, -0.2) is 0 Å². The maximum atomic E-state index is 5.95. The van der Waals surface area contributed by atoms with E-state index in [1.807, 2.05) is 0 Å². The van der Waals surface area contributed by atoms with E-state index in [9.17, 15) is 0 Å². The van der Waals surface area contributed by atoms with Crippen LogP contribution in [0.1, 0.15) is 45.1 Å². The summed E-state index contributed by atoms with van der Waals surface area (Å²) in [6, 6.07) is 9.20. The number of hydrogen-bond donors (Lipinski definition) is 1. The summed E-state index contributed by atoms with van der Waals surface area (Å²) >= 11 is 0. The zero-order valence-corrected chi connectivity index (χ0v) is 13.6. The number of piperidine rings is 1. The van der Waals surface area contributed by atoms with E-state index in [4.69, 9.17) is 4.74 Å². The van der Waals surface area contributed by atoms with E-state index >= 15 is 0 Å². The fraction of sp³-hybridized carbons (Fsp3) is 0.667. The second kappa shape index (κ2) is 9.06. The zero-order chi connectivity index (χ0) is 14.9. The molecule has 0 spiro atoms. The van der Waals surface area contributed by atoms with Gasteiger partial charge in [-0.05, 0) is 50.0 Å². The largest absolute Gasteiger partial charge is 0.492 e. The lowest BCUT2D eigenvalue weighted by atomic mass is 10.0. The second-order valence-electron chi connectivity index (χ2n) is 5.87. The standard InChI is InChI=1S/C18H30N2O/c1-3-17-9-5-6-11-20(17)12-13-21-18-10-7-8-16(14-18)15-19-4-2/h7-8,10,14,17,19H,3-6,9,11-13,15H2,1-2H3. The summed E-state index contributed by atoms with van der Waals surface area (Å²) in [5.41, 5.74) is 1.29. The van der Waals surface area contributed by atoms with Crippen LogP contribution < -0.4 is 10.1 Å². The Morgan fingerprint density at radius 3 is 3.00 bits per heavy atom. The van der Waals surface area contributed by atoms with E-state index in [1.54, 1.807) is 0 Å². The summed E-state index contributed by atoms with van der Waals surface area (Å²) in [7, 11) is 0. The van der Waals surface area contributed by atoms with Crippen molar-refractivity contribution in [1.29, 1.82) is 0 Å². The molecule has 1 fully saturated rings. The summed E-state index contributed by atoms with van der Waals surface area (Å²) in [6.45, 7) is 9.42. The third-order valence-electron chi connectivity index (χ3n) is 4.35. The van der Waals surface area contributed by atoms with Gasteiger partial charge < -0.3 is 10.1 Å². The fourth-order valence-electron chi connectivity index (χ4n) is 3.11. The minimum atomic E-state index is 0.766. The van der Waals surface area contributed by atoms with Crippen LogP contribution in [0.5, 0.6) is 5.75 Å². The molecule has 1 aliphatic heterocycles. The van der Waals surface area contributed by atoms with Crippen molar-refractivity contribution in [1.82, 2.24) is 10.2 Å². The quantitative estimate of drug-likeness (QED) is 0.794. The SMILES string of the molecule is CCNCc1cccc(OCCN2CCCCC2CC)c1. The van der Waals surface area contributed by atoms with Gasteiger partial charge >= 0.3 is 0 Å². The van der Waals surface area contributed by atoms with Crippen molar-refractivity contribution in [2.45, 2.75) is 52.1 Å². The Balaban J connectivity index is 1.77. The summed E-state index contributed by atoms with van der Waals surface area (Å²) in [5, 5.41) is 3.35. The number of nitrogens with one attached hydrogen (secondary N) is 1. The van der Waals surface area contributed by atoms with Crippen molar-refractivity contribution in [2.24, 2.45) is 0 Å². The lowest BCUT2D eigenvalue weighted by Gasteiger charge is -2.35. The molecule has 3 nitrogen and oxygen atoms in total. The molecule has 1 aromatic carbocycles. The smallest absolute Gasteiger partial charge is 0.119 e. The topological polar surface area (TPSA) is 24.5 Å². The number of hydrogen-bond acceptors (Lipinski definition) is 3. The number of benzene rings is 1. The first-order chi connectivity index (χ1) is 10.3. The van der Waals surface area contributed by atoms with E-state index in [2.05, 4.69) is 48.3 Å². The molecule has 0 amide bonds. The van der Waals surface area contributed by atoms with Crippen molar-refractivity contribution >= 4 is 0 Å². The molecule has 3 heteroatoms. The van der Waals surface area contributed by atoms with Crippen LogP contribution >= 0.6 is 0 Å². The first-order valence-electron chi connectivity index (χ1n) is 8.50. The average Bonchev–Trinajstić information content (AvgIpc) is 2.54. The van der Waals surface area contributed by atoms with Crippen LogP contribution in [0.3, 0.4) is 0 Å². The highest BCUT2D eigenvalue weighted by Crippen LogP contribution is 2.19. The maximum absolute atomic E-state index is 5.95. The van der Waals surface area contributed by atoms with E-state index < -0.39 is 0 Å². The molecule has 0 bridgehead atoms. The molecular weight excluding hydrogens is 260 g/mol. The predicted molar refractivity (Wildman–Crippen MR) is 88.8 cm³/mol. The normalized spacial score (nSPS) is 19.6. The summed E-state index contributed by atoms with van der Waals surface area (Å²) in [6.07, 6.45) is 5.35. The van der Waals surface area contributed by atoms with Crippen LogP contribution in [-0.4, -0.2) is 37.2 Å². The van der Waals surface area contributed by atoms with Crippen LogP contribution in [0.25, 0.3) is 0 Å². The number of nitrogens with zero attached hydrogens (tertiary/aromatic N) is 1. The minimum Gasteiger partial charge on any atom is -0.492 e. The molecule has 0 radical (unpaired) electrons. The fourth-order valence-corrected chi connectivity index (χ4v) is 3.11. The van der Waals surface area contributed by atoms with Gasteiger partial charge in [-0.15, -0.1) is 0 Å². The van der Waals surface area contributed by atoms with Crippen LogP contribution in [0.15, 0.2) is 24.3 Å². The molecule has 0 saturated carbocycles. The average molecular weight is 290 g/mol. The molecular formula is C18H30N2O. The number of ether oxygens (including phenoxy) is 1. The van der Waals surface area contributed by atoms with Crippen LogP contribution in [-0.2, 0) is 6.54 Å². The summed E-state index contributed by atoms with van der Waals surface area (Å²) in [5.74, 6) is 0.996. The molecule has 1 aliphatic rings. The van der Waals surface area contributed by atoms with Gasteiger partial charge in [0, 0.05) is 19.1 Å². The monoisotopic (exact) mass is 290 g/mol. The Bertz CT molecular complexity index is 408. The van der Waals surface area contributed by atoms with Gasteiger partial charge in [-0.2, -0.15) is 0 Å². The van der Waals surface area contributed by atoms with Crippen molar-refractivity contribution in [3.05, 3.63) is 29.8 Å². The second-order valence-corrected chi connectivity index (χ2v) is 5.87. The lowest BCUT2D eigenvalue weighted by Crippen LogP contribution is -2.41. The minimum absolute atomic E-state index is 0.766. The predicted octanol–water partition coefficient (Wildman–Crippen LogP) is 3.44.